The number of hydrogen-bond acceptors (Lipinski definition) is 2. The molecule has 0 unspecified atom stereocenters. The first-order valence-electron chi connectivity index (χ1n) is 4.11. The van der Waals surface area contributed by atoms with Gasteiger partial charge in [0.15, 0.2) is 0 Å². The topological polar surface area (TPSA) is 26.0 Å². The molecule has 1 aromatic rings. The molecule has 0 amide bonds. The molecule has 0 heterocycles. The van der Waals surface area contributed by atoms with Crippen LogP contribution in [0.1, 0.15) is 16.7 Å². The van der Waals surface area contributed by atoms with Crippen molar-refractivity contribution in [1.82, 2.24) is 0 Å². The van der Waals surface area contributed by atoms with Crippen LogP contribution in [0.2, 0.25) is 0 Å². The highest BCUT2D eigenvalue weighted by atomic mass is 32.1. The number of terminal acetylenes is 1. The van der Waals surface area contributed by atoms with E-state index in [1.807, 2.05) is 13.0 Å². The maximum Gasteiger partial charge on any atom is 0.0349 e. The van der Waals surface area contributed by atoms with Crippen LogP contribution >= 0.6 is 12.6 Å². The third kappa shape index (κ3) is 2.19. The van der Waals surface area contributed by atoms with Gasteiger partial charge in [0, 0.05) is 17.9 Å². The van der Waals surface area contributed by atoms with Crippen LogP contribution in [0.15, 0.2) is 12.1 Å². The van der Waals surface area contributed by atoms with Gasteiger partial charge in [0.25, 0.3) is 0 Å². The molecule has 0 radical (unpaired) electrons. The lowest BCUT2D eigenvalue weighted by molar-refractivity contribution is 1.22. The standard InChI is InChI=1S/C11H13NS/c1-3-4-10-5-9(7-13)6-11(12)8(10)2/h1,5-6,13H,4,7,12H2,2H3. The largest absolute Gasteiger partial charge is 0.398 e. The van der Waals surface area contributed by atoms with E-state index in [0.717, 1.165) is 22.4 Å². The molecule has 0 saturated carbocycles. The van der Waals surface area contributed by atoms with E-state index in [-0.39, 0.29) is 0 Å². The molecule has 0 spiro atoms. The number of anilines is 1. The maximum absolute atomic E-state index is 5.82. The Labute approximate surface area is 84.8 Å². The van der Waals surface area contributed by atoms with E-state index >= 15 is 0 Å². The first-order valence-corrected chi connectivity index (χ1v) is 4.74. The van der Waals surface area contributed by atoms with Crippen molar-refractivity contribution in [2.24, 2.45) is 0 Å². The number of nitrogen functional groups attached to an aromatic ring is 1. The van der Waals surface area contributed by atoms with Crippen molar-refractivity contribution in [3.8, 4) is 12.3 Å². The van der Waals surface area contributed by atoms with Gasteiger partial charge in [0.1, 0.15) is 0 Å². The van der Waals surface area contributed by atoms with Crippen LogP contribution in [0.25, 0.3) is 0 Å². The smallest absolute Gasteiger partial charge is 0.0349 e. The molecular weight excluding hydrogens is 178 g/mol. The summed E-state index contributed by atoms with van der Waals surface area (Å²) in [6.07, 6.45) is 5.90. The lowest BCUT2D eigenvalue weighted by atomic mass is 10.0. The van der Waals surface area contributed by atoms with Gasteiger partial charge < -0.3 is 5.73 Å². The number of hydrogen-bond donors (Lipinski definition) is 2. The minimum Gasteiger partial charge on any atom is -0.398 e. The fourth-order valence-corrected chi connectivity index (χ4v) is 1.43. The van der Waals surface area contributed by atoms with E-state index in [0.29, 0.717) is 12.2 Å². The zero-order chi connectivity index (χ0) is 9.84. The average Bonchev–Trinajstić information content (AvgIpc) is 2.13. The highest BCUT2D eigenvalue weighted by Crippen LogP contribution is 2.20. The molecule has 1 aromatic carbocycles. The van der Waals surface area contributed by atoms with Crippen molar-refractivity contribution in [2.45, 2.75) is 19.1 Å². The molecule has 0 fully saturated rings. The first-order chi connectivity index (χ1) is 6.19. The van der Waals surface area contributed by atoms with Crippen molar-refractivity contribution in [3.05, 3.63) is 28.8 Å². The minimum absolute atomic E-state index is 0.637. The normalized spacial score (nSPS) is 9.62. The molecule has 2 heteroatoms. The van der Waals surface area contributed by atoms with Gasteiger partial charge in [-0.15, -0.1) is 12.3 Å². The molecule has 13 heavy (non-hydrogen) atoms. The number of nitrogens with two attached hydrogens (primary N) is 1. The second kappa shape index (κ2) is 4.25. The lowest BCUT2D eigenvalue weighted by Crippen LogP contribution is -1.97. The van der Waals surface area contributed by atoms with E-state index < -0.39 is 0 Å². The summed E-state index contributed by atoms with van der Waals surface area (Å²) in [5.74, 6) is 3.32. The van der Waals surface area contributed by atoms with E-state index in [1.54, 1.807) is 0 Å². The third-order valence-electron chi connectivity index (χ3n) is 2.09. The highest BCUT2D eigenvalue weighted by Gasteiger charge is 2.02. The predicted octanol–water partition coefficient (Wildman–Crippen LogP) is 2.18. The fraction of sp³-hybridized carbons (Fsp3) is 0.273. The van der Waals surface area contributed by atoms with E-state index in [4.69, 9.17) is 12.2 Å². The summed E-state index contributed by atoms with van der Waals surface area (Å²) in [7, 11) is 0. The lowest BCUT2D eigenvalue weighted by Gasteiger charge is -2.08. The van der Waals surface area contributed by atoms with Crippen LogP contribution in [0.4, 0.5) is 5.69 Å². The van der Waals surface area contributed by atoms with Gasteiger partial charge in [0.05, 0.1) is 0 Å². The summed E-state index contributed by atoms with van der Waals surface area (Å²) in [6, 6.07) is 4.01. The summed E-state index contributed by atoms with van der Waals surface area (Å²) in [5, 5.41) is 0. The molecule has 0 atom stereocenters. The fourth-order valence-electron chi connectivity index (χ4n) is 1.25. The second-order valence-electron chi connectivity index (χ2n) is 3.01. The van der Waals surface area contributed by atoms with Crippen LogP contribution in [-0.4, -0.2) is 0 Å². The van der Waals surface area contributed by atoms with Crippen LogP contribution < -0.4 is 5.73 Å². The summed E-state index contributed by atoms with van der Waals surface area (Å²) < 4.78 is 0. The Morgan fingerprint density at radius 3 is 2.77 bits per heavy atom. The molecule has 0 bridgehead atoms. The Morgan fingerprint density at radius 2 is 2.23 bits per heavy atom. The molecule has 1 nitrogen and oxygen atoms in total. The Balaban J connectivity index is 3.18. The quantitative estimate of drug-likeness (QED) is 0.418. The Hall–Kier alpha value is -1.07. The van der Waals surface area contributed by atoms with Gasteiger partial charge in [-0.2, -0.15) is 12.6 Å². The first kappa shape index (κ1) is 10.0. The van der Waals surface area contributed by atoms with Crippen molar-refractivity contribution in [2.75, 3.05) is 5.73 Å². The monoisotopic (exact) mass is 191 g/mol. The third-order valence-corrected chi connectivity index (χ3v) is 2.46. The maximum atomic E-state index is 5.82. The zero-order valence-electron chi connectivity index (χ0n) is 7.67. The predicted molar refractivity (Wildman–Crippen MR) is 60.8 cm³/mol. The SMILES string of the molecule is C#CCc1cc(CS)cc(N)c1C. The summed E-state index contributed by atoms with van der Waals surface area (Å²) >= 11 is 4.20. The van der Waals surface area contributed by atoms with Crippen LogP contribution in [-0.2, 0) is 12.2 Å². The van der Waals surface area contributed by atoms with Crippen molar-refractivity contribution < 1.29 is 0 Å². The molecule has 1 rings (SSSR count). The molecule has 0 aliphatic rings. The average molecular weight is 191 g/mol. The highest BCUT2D eigenvalue weighted by molar-refractivity contribution is 7.79. The van der Waals surface area contributed by atoms with Gasteiger partial charge in [-0.05, 0) is 29.7 Å². The zero-order valence-corrected chi connectivity index (χ0v) is 8.57. The van der Waals surface area contributed by atoms with Gasteiger partial charge >= 0.3 is 0 Å². The van der Waals surface area contributed by atoms with Crippen molar-refractivity contribution >= 4 is 18.3 Å². The second-order valence-corrected chi connectivity index (χ2v) is 3.32. The van der Waals surface area contributed by atoms with Crippen LogP contribution in [0, 0.1) is 19.3 Å². The molecule has 0 aromatic heterocycles. The van der Waals surface area contributed by atoms with Crippen LogP contribution in [0.5, 0.6) is 0 Å². The van der Waals surface area contributed by atoms with Crippen LogP contribution in [0.3, 0.4) is 0 Å². The van der Waals surface area contributed by atoms with Gasteiger partial charge in [-0.3, -0.25) is 0 Å². The van der Waals surface area contributed by atoms with Gasteiger partial charge in [-0.25, -0.2) is 0 Å². The molecule has 0 aliphatic heterocycles. The van der Waals surface area contributed by atoms with Gasteiger partial charge in [-0.1, -0.05) is 6.07 Å². The summed E-state index contributed by atoms with van der Waals surface area (Å²) in [6.45, 7) is 1.99. The van der Waals surface area contributed by atoms with Gasteiger partial charge in [0.2, 0.25) is 0 Å². The molecule has 68 valence electrons. The number of rotatable bonds is 2. The van der Waals surface area contributed by atoms with E-state index in [2.05, 4.69) is 24.6 Å². The molecular formula is C11H13NS. The van der Waals surface area contributed by atoms with E-state index in [9.17, 15) is 0 Å². The number of thiol groups is 1. The Bertz CT molecular complexity index is 350. The van der Waals surface area contributed by atoms with E-state index in [1.165, 1.54) is 0 Å². The summed E-state index contributed by atoms with van der Waals surface area (Å²) in [5.41, 5.74) is 9.97. The Kier molecular flexibility index (Phi) is 3.27. The Morgan fingerprint density at radius 1 is 1.54 bits per heavy atom. The molecule has 0 aliphatic carbocycles. The number of benzene rings is 1. The molecule has 0 saturated heterocycles. The van der Waals surface area contributed by atoms with Crippen molar-refractivity contribution in [3.63, 3.8) is 0 Å². The summed E-state index contributed by atoms with van der Waals surface area (Å²) in [4.78, 5) is 0. The minimum atomic E-state index is 0.637. The van der Waals surface area contributed by atoms with Crippen molar-refractivity contribution in [1.29, 1.82) is 0 Å². The molecule has 2 N–H and O–H groups in total.